The van der Waals surface area contributed by atoms with E-state index in [2.05, 4.69) is 85.4 Å². The average molecular weight is 486 g/mol. The molecule has 1 rings (SSSR count). The fourth-order valence-corrected chi connectivity index (χ4v) is 6.65. The molecule has 1 aliphatic rings. The van der Waals surface area contributed by atoms with E-state index in [1.165, 1.54) is 9.68 Å². The van der Waals surface area contributed by atoms with E-state index in [0.717, 1.165) is 18.2 Å². The van der Waals surface area contributed by atoms with Crippen LogP contribution in [0, 0.1) is 5.92 Å². The van der Waals surface area contributed by atoms with Gasteiger partial charge in [0.15, 0.2) is 8.32 Å². The molecule has 0 amide bonds. The van der Waals surface area contributed by atoms with E-state index in [-0.39, 0.29) is 23.2 Å². The van der Waals surface area contributed by atoms with E-state index in [9.17, 15) is 5.11 Å². The highest BCUT2D eigenvalue weighted by Gasteiger charge is 2.43. The quantitative estimate of drug-likeness (QED) is 0.386. The molecule has 0 aromatic rings. The fourth-order valence-electron chi connectivity index (χ4n) is 2.76. The Kier molecular flexibility index (Phi) is 7.44. The first-order chi connectivity index (χ1) is 10.2. The number of hydrogen-bond acceptors (Lipinski definition) is 2. The van der Waals surface area contributed by atoms with E-state index in [1.54, 1.807) is 0 Å². The second-order valence-corrected chi connectivity index (χ2v) is 21.3. The Morgan fingerprint density at radius 3 is 2.13 bits per heavy atom. The van der Waals surface area contributed by atoms with Gasteiger partial charge in [0.05, 0.1) is 20.3 Å². The van der Waals surface area contributed by atoms with Gasteiger partial charge in [0.2, 0.25) is 0 Å². The Morgan fingerprint density at radius 2 is 1.74 bits per heavy atom. The molecule has 0 radical (unpaired) electrons. The van der Waals surface area contributed by atoms with Crippen LogP contribution in [0.2, 0.25) is 37.8 Å². The van der Waals surface area contributed by atoms with E-state index in [4.69, 9.17) is 4.43 Å². The summed E-state index contributed by atoms with van der Waals surface area (Å²) in [6.45, 7) is 18.5. The molecule has 0 aliphatic heterocycles. The molecular weight excluding hydrogens is 452 g/mol. The van der Waals surface area contributed by atoms with Crippen LogP contribution in [-0.4, -0.2) is 39.0 Å². The summed E-state index contributed by atoms with van der Waals surface area (Å²) in [6, 6.07) is 0. The van der Waals surface area contributed by atoms with Gasteiger partial charge in [0, 0.05) is 11.2 Å². The molecule has 0 unspecified atom stereocenters. The second-order valence-electron chi connectivity index (χ2n) is 9.36. The molecule has 136 valence electrons. The van der Waals surface area contributed by atoms with E-state index >= 15 is 0 Å². The summed E-state index contributed by atoms with van der Waals surface area (Å²) in [5.74, 6) is 0.204. The van der Waals surface area contributed by atoms with E-state index < -0.39 is 16.4 Å². The van der Waals surface area contributed by atoms with Crippen molar-refractivity contribution in [3.63, 3.8) is 0 Å². The first-order valence-electron chi connectivity index (χ1n) is 8.51. The van der Waals surface area contributed by atoms with Gasteiger partial charge in [-0.3, -0.25) is 0 Å². The monoisotopic (exact) mass is 484 g/mol. The molecule has 1 fully saturated rings. The maximum atomic E-state index is 10.7. The van der Waals surface area contributed by atoms with Crippen LogP contribution in [0.15, 0.2) is 9.68 Å². The summed E-state index contributed by atoms with van der Waals surface area (Å²) in [5.41, 5.74) is 1.38. The minimum Gasteiger partial charge on any atom is -0.414 e. The molecule has 6 heteroatoms. The van der Waals surface area contributed by atoms with Crippen LogP contribution in [0.5, 0.6) is 0 Å². The average Bonchev–Trinajstić information content (AvgIpc) is 2.34. The second kappa shape index (κ2) is 7.74. The molecule has 1 aliphatic carbocycles. The molecule has 1 saturated carbocycles. The van der Waals surface area contributed by atoms with Crippen LogP contribution >= 0.6 is 31.9 Å². The first kappa shape index (κ1) is 22.1. The van der Waals surface area contributed by atoms with Gasteiger partial charge in [0.25, 0.3) is 0 Å². The molecule has 0 saturated heterocycles. The Hall–Kier alpha value is 1.05. The number of aliphatic hydroxyl groups is 1. The summed E-state index contributed by atoms with van der Waals surface area (Å²) < 4.78 is 7.98. The molecule has 0 aromatic carbocycles. The lowest BCUT2D eigenvalue weighted by Crippen LogP contribution is -2.47. The SMILES string of the molecule is CC(C)(C)[Si](C)(C)O[C@@H]1C/C(=C(/Br)[Si](C)(C)C)[C@@H](CBr)[C@H](O)C1. The van der Waals surface area contributed by atoms with Crippen molar-refractivity contribution in [2.45, 2.75) is 83.6 Å². The molecule has 0 spiro atoms. The number of alkyl halides is 1. The van der Waals surface area contributed by atoms with Crippen molar-refractivity contribution in [3.8, 4) is 0 Å². The number of hydrogen-bond donors (Lipinski definition) is 1. The van der Waals surface area contributed by atoms with Gasteiger partial charge in [-0.1, -0.05) is 77.8 Å². The van der Waals surface area contributed by atoms with Gasteiger partial charge in [-0.2, -0.15) is 0 Å². The zero-order valence-electron chi connectivity index (χ0n) is 16.0. The summed E-state index contributed by atoms with van der Waals surface area (Å²) in [6.07, 6.45) is 1.51. The lowest BCUT2D eigenvalue weighted by molar-refractivity contribution is 0.0401. The minimum absolute atomic E-state index is 0.139. The van der Waals surface area contributed by atoms with Crippen LogP contribution in [-0.2, 0) is 4.43 Å². The molecule has 0 bridgehead atoms. The Labute approximate surface area is 161 Å². The first-order valence-corrected chi connectivity index (χ1v) is 16.8. The van der Waals surface area contributed by atoms with Crippen molar-refractivity contribution in [2.24, 2.45) is 5.92 Å². The smallest absolute Gasteiger partial charge is 0.192 e. The topological polar surface area (TPSA) is 29.5 Å². The third-order valence-electron chi connectivity index (χ3n) is 5.24. The van der Waals surface area contributed by atoms with Gasteiger partial charge in [-0.05, 0) is 35.1 Å². The third-order valence-corrected chi connectivity index (χ3v) is 16.2. The van der Waals surface area contributed by atoms with Crippen molar-refractivity contribution in [1.82, 2.24) is 0 Å². The van der Waals surface area contributed by atoms with Crippen LogP contribution < -0.4 is 0 Å². The van der Waals surface area contributed by atoms with Gasteiger partial charge < -0.3 is 9.53 Å². The van der Waals surface area contributed by atoms with Gasteiger partial charge in [0.1, 0.15) is 0 Å². The molecule has 0 aromatic heterocycles. The number of rotatable bonds is 4. The number of aliphatic hydroxyl groups excluding tert-OH is 1. The highest BCUT2D eigenvalue weighted by Crippen LogP contribution is 2.43. The Balaban J connectivity index is 3.10. The van der Waals surface area contributed by atoms with Crippen molar-refractivity contribution in [3.05, 3.63) is 9.68 Å². The van der Waals surface area contributed by atoms with Gasteiger partial charge in [-0.15, -0.1) is 0 Å². The summed E-state index contributed by atoms with van der Waals surface area (Å²) in [7, 11) is -3.25. The van der Waals surface area contributed by atoms with Gasteiger partial charge in [-0.25, -0.2) is 0 Å². The van der Waals surface area contributed by atoms with E-state index in [1.807, 2.05) is 0 Å². The maximum Gasteiger partial charge on any atom is 0.192 e. The zero-order valence-corrected chi connectivity index (χ0v) is 21.1. The highest BCUT2D eigenvalue weighted by atomic mass is 79.9. The third kappa shape index (κ3) is 5.51. The van der Waals surface area contributed by atoms with Crippen molar-refractivity contribution in [1.29, 1.82) is 0 Å². The fraction of sp³-hybridized carbons (Fsp3) is 0.882. The molecule has 2 nitrogen and oxygen atoms in total. The molecule has 3 atom stereocenters. The molecule has 0 heterocycles. The summed E-state index contributed by atoms with van der Waals surface area (Å²) >= 11 is 7.49. The maximum absolute atomic E-state index is 10.7. The summed E-state index contributed by atoms with van der Waals surface area (Å²) in [5, 5.41) is 11.7. The molecule has 1 N–H and O–H groups in total. The van der Waals surface area contributed by atoms with Crippen LogP contribution in [0.4, 0.5) is 0 Å². The Bertz CT molecular complexity index is 450. The normalized spacial score (nSPS) is 29.6. The zero-order chi connectivity index (χ0) is 18.2. The van der Waals surface area contributed by atoms with Crippen LogP contribution in [0.1, 0.15) is 33.6 Å². The van der Waals surface area contributed by atoms with Crippen molar-refractivity contribution >= 4 is 48.3 Å². The molecule has 23 heavy (non-hydrogen) atoms. The molecular formula is C17H34Br2O2Si2. The Morgan fingerprint density at radius 1 is 1.22 bits per heavy atom. The van der Waals surface area contributed by atoms with Gasteiger partial charge >= 0.3 is 0 Å². The summed E-state index contributed by atoms with van der Waals surface area (Å²) in [4.78, 5) is 0. The van der Waals surface area contributed by atoms with Crippen LogP contribution in [0.25, 0.3) is 0 Å². The lowest BCUT2D eigenvalue weighted by atomic mass is 9.82. The van der Waals surface area contributed by atoms with Crippen LogP contribution in [0.3, 0.4) is 0 Å². The van der Waals surface area contributed by atoms with Crippen molar-refractivity contribution < 1.29 is 9.53 Å². The van der Waals surface area contributed by atoms with E-state index in [0.29, 0.717) is 0 Å². The minimum atomic E-state index is -1.81. The standard InChI is InChI=1S/C17H34Br2O2Si2/c1-17(2,3)23(7,8)21-12-9-13(16(19)22(4,5)6)14(11-18)15(20)10-12/h12,14-15,20H,9-11H2,1-8H3/b16-13+/t12-,14-,15-/m1/s1. The largest absolute Gasteiger partial charge is 0.414 e. The lowest BCUT2D eigenvalue weighted by Gasteiger charge is -2.44. The predicted molar refractivity (Wildman–Crippen MR) is 114 cm³/mol. The number of halogens is 2. The predicted octanol–water partition coefficient (Wildman–Crippen LogP) is 6.07. The highest BCUT2D eigenvalue weighted by molar-refractivity contribution is 9.12. The van der Waals surface area contributed by atoms with Crippen molar-refractivity contribution in [2.75, 3.05) is 5.33 Å².